The number of ether oxygens (including phenoxy) is 2. The quantitative estimate of drug-likeness (QED) is 0.399. The number of hydrogen-bond donors (Lipinski definition) is 2. The third-order valence-corrected chi connectivity index (χ3v) is 4.64. The van der Waals surface area contributed by atoms with E-state index in [4.69, 9.17) is 15.2 Å². The summed E-state index contributed by atoms with van der Waals surface area (Å²) in [6.45, 7) is 1.75. The molecule has 7 nitrogen and oxygen atoms in total. The largest absolute Gasteiger partial charge is 0.489 e. The normalized spacial score (nSPS) is 11.3. The fourth-order valence-corrected chi connectivity index (χ4v) is 3.00. The minimum atomic E-state index is -0.883. The molecule has 0 aliphatic heterocycles. The molecule has 32 heavy (non-hydrogen) atoms. The summed E-state index contributed by atoms with van der Waals surface area (Å²) in [5, 5.41) is 2.65. The van der Waals surface area contributed by atoms with Crippen molar-refractivity contribution in [1.29, 1.82) is 0 Å². The summed E-state index contributed by atoms with van der Waals surface area (Å²) in [4.78, 5) is 35.4. The third kappa shape index (κ3) is 6.70. The molecule has 0 aromatic heterocycles. The van der Waals surface area contributed by atoms with Crippen LogP contribution < -0.4 is 20.5 Å². The Labute approximate surface area is 186 Å². The molecule has 0 aliphatic rings. The van der Waals surface area contributed by atoms with Crippen molar-refractivity contribution in [2.75, 3.05) is 0 Å². The average molecular weight is 432 g/mol. The molecule has 0 saturated carbocycles. The average Bonchev–Trinajstić information content (AvgIpc) is 2.79. The zero-order valence-electron chi connectivity index (χ0n) is 17.6. The Balaban J connectivity index is 1.58. The molecule has 0 unspecified atom stereocenters. The molecule has 7 heteroatoms. The van der Waals surface area contributed by atoms with Crippen LogP contribution in [0.4, 0.5) is 0 Å². The van der Waals surface area contributed by atoms with Crippen molar-refractivity contribution < 1.29 is 23.9 Å². The zero-order valence-corrected chi connectivity index (χ0v) is 17.6. The highest BCUT2D eigenvalue weighted by atomic mass is 16.5. The van der Waals surface area contributed by atoms with Crippen LogP contribution in [0.2, 0.25) is 0 Å². The van der Waals surface area contributed by atoms with Gasteiger partial charge in [0.1, 0.15) is 24.1 Å². The molecule has 3 aromatic carbocycles. The van der Waals surface area contributed by atoms with Crippen molar-refractivity contribution in [3.8, 4) is 11.5 Å². The molecule has 0 radical (unpaired) electrons. The lowest BCUT2D eigenvalue weighted by atomic mass is 10.0. The van der Waals surface area contributed by atoms with Gasteiger partial charge in [-0.3, -0.25) is 14.4 Å². The molecule has 164 valence electrons. The highest BCUT2D eigenvalue weighted by Gasteiger charge is 2.19. The summed E-state index contributed by atoms with van der Waals surface area (Å²) in [5.41, 5.74) is 7.70. The Morgan fingerprint density at radius 2 is 1.47 bits per heavy atom. The molecule has 3 rings (SSSR count). The van der Waals surface area contributed by atoms with E-state index in [2.05, 4.69) is 5.32 Å². The number of hydrogen-bond acceptors (Lipinski definition) is 5. The number of carbonyl (C=O) groups excluding carboxylic acids is 3. The van der Waals surface area contributed by atoms with Crippen LogP contribution in [0.15, 0.2) is 78.9 Å². The molecule has 3 aromatic rings. The van der Waals surface area contributed by atoms with Gasteiger partial charge < -0.3 is 20.5 Å². The van der Waals surface area contributed by atoms with Crippen molar-refractivity contribution in [2.45, 2.75) is 26.0 Å². The summed E-state index contributed by atoms with van der Waals surface area (Å²) >= 11 is 0. The minimum absolute atomic E-state index is 0.242. The van der Waals surface area contributed by atoms with E-state index in [1.165, 1.54) is 31.2 Å². The van der Waals surface area contributed by atoms with E-state index in [0.29, 0.717) is 23.7 Å². The molecule has 3 N–H and O–H groups in total. The van der Waals surface area contributed by atoms with E-state index < -0.39 is 23.8 Å². The van der Waals surface area contributed by atoms with Gasteiger partial charge in [0.05, 0.1) is 0 Å². The van der Waals surface area contributed by atoms with Gasteiger partial charge in [0.2, 0.25) is 5.91 Å². The molecule has 2 amide bonds. The second-order valence-corrected chi connectivity index (χ2v) is 7.17. The number of esters is 1. The first kappa shape index (κ1) is 22.6. The van der Waals surface area contributed by atoms with E-state index >= 15 is 0 Å². The summed E-state index contributed by atoms with van der Waals surface area (Å²) < 4.78 is 10.7. The molecular weight excluding hydrogens is 408 g/mol. The van der Waals surface area contributed by atoms with Crippen LogP contribution in [0.5, 0.6) is 11.5 Å². The molecule has 0 heterocycles. The Morgan fingerprint density at radius 3 is 2.06 bits per heavy atom. The first-order valence-corrected chi connectivity index (χ1v) is 10.0. The lowest BCUT2D eigenvalue weighted by Gasteiger charge is -2.16. The first-order chi connectivity index (χ1) is 15.4. The number of carbonyl (C=O) groups is 3. The van der Waals surface area contributed by atoms with E-state index in [1.807, 2.05) is 54.6 Å². The smallest absolute Gasteiger partial charge is 0.308 e. The maximum absolute atomic E-state index is 12.5. The van der Waals surface area contributed by atoms with Crippen LogP contribution in [0, 0.1) is 0 Å². The van der Waals surface area contributed by atoms with Crippen LogP contribution in [-0.4, -0.2) is 23.8 Å². The van der Waals surface area contributed by atoms with Crippen molar-refractivity contribution in [3.05, 3.63) is 95.6 Å². The predicted molar refractivity (Wildman–Crippen MR) is 119 cm³/mol. The number of nitrogens with two attached hydrogens (primary N) is 1. The van der Waals surface area contributed by atoms with Crippen molar-refractivity contribution in [1.82, 2.24) is 5.32 Å². The van der Waals surface area contributed by atoms with Gasteiger partial charge in [-0.2, -0.15) is 0 Å². The first-order valence-electron chi connectivity index (χ1n) is 10.0. The maximum atomic E-state index is 12.5. The van der Waals surface area contributed by atoms with Gasteiger partial charge >= 0.3 is 5.97 Å². The summed E-state index contributed by atoms with van der Waals surface area (Å²) in [7, 11) is 0. The topological polar surface area (TPSA) is 108 Å². The van der Waals surface area contributed by atoms with E-state index in [9.17, 15) is 14.4 Å². The third-order valence-electron chi connectivity index (χ3n) is 4.64. The fourth-order valence-electron chi connectivity index (χ4n) is 3.00. The van der Waals surface area contributed by atoms with Gasteiger partial charge in [-0.05, 0) is 47.5 Å². The SMILES string of the molecule is CC(=O)Oc1ccc(C(=O)N[C@H](Cc2ccc(OCc3ccccc3)cc2)C(N)=O)cc1. The molecule has 0 saturated heterocycles. The molecule has 0 fully saturated rings. The lowest BCUT2D eigenvalue weighted by Crippen LogP contribution is -2.45. The summed E-state index contributed by atoms with van der Waals surface area (Å²) in [6.07, 6.45) is 0.242. The Hall–Kier alpha value is -4.13. The van der Waals surface area contributed by atoms with Gasteiger partial charge in [-0.25, -0.2) is 0 Å². The minimum Gasteiger partial charge on any atom is -0.489 e. The lowest BCUT2D eigenvalue weighted by molar-refractivity contribution is -0.131. The number of amides is 2. The van der Waals surface area contributed by atoms with Crippen LogP contribution in [0.3, 0.4) is 0 Å². The summed E-state index contributed by atoms with van der Waals surface area (Å²) in [5.74, 6) is -0.516. The van der Waals surface area contributed by atoms with Crippen LogP contribution in [0.1, 0.15) is 28.4 Å². The predicted octanol–water partition coefficient (Wildman–Crippen LogP) is 3.02. The van der Waals surface area contributed by atoms with Crippen LogP contribution in [-0.2, 0) is 22.6 Å². The number of nitrogens with one attached hydrogen (secondary N) is 1. The highest BCUT2D eigenvalue weighted by molar-refractivity contribution is 5.97. The Bertz CT molecular complexity index is 1060. The van der Waals surface area contributed by atoms with Crippen LogP contribution >= 0.6 is 0 Å². The molecular formula is C25H24N2O5. The number of benzene rings is 3. The van der Waals surface area contributed by atoms with Gasteiger partial charge in [-0.1, -0.05) is 42.5 Å². The highest BCUT2D eigenvalue weighted by Crippen LogP contribution is 2.16. The summed E-state index contributed by atoms with van der Waals surface area (Å²) in [6, 6.07) is 22.2. The van der Waals surface area contributed by atoms with Crippen molar-refractivity contribution in [3.63, 3.8) is 0 Å². The molecule has 1 atom stereocenters. The monoisotopic (exact) mass is 432 g/mol. The van der Waals surface area contributed by atoms with Gasteiger partial charge in [0.15, 0.2) is 0 Å². The second-order valence-electron chi connectivity index (χ2n) is 7.17. The van der Waals surface area contributed by atoms with E-state index in [-0.39, 0.29) is 6.42 Å². The molecule has 0 aliphatic carbocycles. The van der Waals surface area contributed by atoms with Crippen molar-refractivity contribution in [2.24, 2.45) is 5.73 Å². The second kappa shape index (κ2) is 10.8. The van der Waals surface area contributed by atoms with Gasteiger partial charge in [0, 0.05) is 18.9 Å². The van der Waals surface area contributed by atoms with Gasteiger partial charge in [-0.15, -0.1) is 0 Å². The maximum Gasteiger partial charge on any atom is 0.308 e. The van der Waals surface area contributed by atoms with Gasteiger partial charge in [0.25, 0.3) is 5.91 Å². The standard InChI is InChI=1S/C25H24N2O5/c1-17(28)32-22-13-9-20(10-14-22)25(30)27-23(24(26)29)15-18-7-11-21(12-8-18)31-16-19-5-3-2-4-6-19/h2-14,23H,15-16H2,1H3,(H2,26,29)(H,27,30)/t23-/m1/s1. The Kier molecular flexibility index (Phi) is 7.59. The van der Waals surface area contributed by atoms with Crippen molar-refractivity contribution >= 4 is 17.8 Å². The zero-order chi connectivity index (χ0) is 22.9. The van der Waals surface area contributed by atoms with E-state index in [0.717, 1.165) is 11.1 Å². The fraction of sp³-hybridized carbons (Fsp3) is 0.160. The Morgan fingerprint density at radius 1 is 0.844 bits per heavy atom. The van der Waals surface area contributed by atoms with E-state index in [1.54, 1.807) is 0 Å². The number of primary amides is 1. The molecule has 0 spiro atoms. The van der Waals surface area contributed by atoms with Crippen LogP contribution in [0.25, 0.3) is 0 Å². The molecule has 0 bridgehead atoms. The number of rotatable bonds is 9.